The fraction of sp³-hybridized carbons (Fsp3) is 0.400. The number of aromatic nitrogens is 1. The van der Waals surface area contributed by atoms with Crippen LogP contribution in [0.15, 0.2) is 34.5 Å². The first kappa shape index (κ1) is 15.3. The van der Waals surface area contributed by atoms with Gasteiger partial charge in [0.25, 0.3) is 6.01 Å². The second-order valence-electron chi connectivity index (χ2n) is 5.78. The molecule has 2 aromatic rings. The number of nitrogens with two attached hydrogens (primary N) is 1. The maximum Gasteiger partial charge on any atom is 0.296 e. The van der Waals surface area contributed by atoms with Crippen molar-refractivity contribution in [3.8, 4) is 5.75 Å². The summed E-state index contributed by atoms with van der Waals surface area (Å²) in [5.41, 5.74) is 6.97. The number of rotatable bonds is 5. The normalized spacial score (nSPS) is 12.7. The molecule has 1 heterocycles. The van der Waals surface area contributed by atoms with Crippen molar-refractivity contribution in [3.05, 3.63) is 30.1 Å². The van der Waals surface area contributed by atoms with E-state index in [0.717, 1.165) is 5.52 Å². The van der Waals surface area contributed by atoms with Crippen LogP contribution < -0.4 is 15.8 Å². The Morgan fingerprint density at radius 1 is 1.48 bits per heavy atom. The number of anilines is 1. The Balaban J connectivity index is 2.14. The summed E-state index contributed by atoms with van der Waals surface area (Å²) in [6.45, 7) is 6.30. The van der Waals surface area contributed by atoms with Crippen LogP contribution in [0.25, 0.3) is 11.1 Å². The van der Waals surface area contributed by atoms with Crippen LogP contribution in [0.3, 0.4) is 0 Å². The molecule has 6 heteroatoms. The minimum Gasteiger partial charge on any atom is -0.489 e. The number of hydrogen-bond acceptors (Lipinski definition) is 5. The fourth-order valence-electron chi connectivity index (χ4n) is 1.68. The summed E-state index contributed by atoms with van der Waals surface area (Å²) in [6, 6.07) is 5.74. The van der Waals surface area contributed by atoms with Gasteiger partial charge in [0.15, 0.2) is 5.58 Å². The van der Waals surface area contributed by atoms with E-state index in [9.17, 15) is 4.39 Å². The lowest BCUT2D eigenvalue weighted by Crippen LogP contribution is -2.26. The summed E-state index contributed by atoms with van der Waals surface area (Å²) in [7, 11) is 0. The van der Waals surface area contributed by atoms with E-state index in [1.165, 1.54) is 0 Å². The van der Waals surface area contributed by atoms with E-state index in [4.69, 9.17) is 14.9 Å². The predicted octanol–water partition coefficient (Wildman–Crippen LogP) is 3.23. The van der Waals surface area contributed by atoms with Gasteiger partial charge in [0.05, 0.1) is 6.33 Å². The summed E-state index contributed by atoms with van der Waals surface area (Å²) in [6.07, 6.45) is 0.471. The largest absolute Gasteiger partial charge is 0.489 e. The van der Waals surface area contributed by atoms with E-state index in [2.05, 4.69) is 10.3 Å². The first-order valence-corrected chi connectivity index (χ1v) is 6.71. The second-order valence-corrected chi connectivity index (χ2v) is 5.78. The standard InChI is InChI=1S/C15H20FN3O2/c1-15(2,3)19-14-18-12-5-4-11(6-13(12)21-14)20-9-10(7-16)8-17/h4-7H,8-9,17H2,1-3H3,(H,18,19)/b10-7+. The topological polar surface area (TPSA) is 73.3 Å². The SMILES string of the molecule is CC(C)(C)Nc1nc2ccc(OC/C(=C/F)CN)cc2o1. The fourth-order valence-corrected chi connectivity index (χ4v) is 1.68. The number of oxazole rings is 1. The molecule has 0 radical (unpaired) electrons. The van der Waals surface area contributed by atoms with Gasteiger partial charge in [-0.15, -0.1) is 0 Å². The molecular formula is C15H20FN3O2. The first-order chi connectivity index (χ1) is 9.91. The van der Waals surface area contributed by atoms with Crippen LogP contribution in [0.5, 0.6) is 5.75 Å². The second kappa shape index (κ2) is 6.13. The van der Waals surface area contributed by atoms with Crippen LogP contribution in [0.1, 0.15) is 20.8 Å². The van der Waals surface area contributed by atoms with Crippen molar-refractivity contribution in [3.63, 3.8) is 0 Å². The summed E-state index contributed by atoms with van der Waals surface area (Å²) in [5, 5.41) is 3.16. The Morgan fingerprint density at radius 3 is 2.86 bits per heavy atom. The molecule has 0 unspecified atom stereocenters. The van der Waals surface area contributed by atoms with Gasteiger partial charge in [-0.3, -0.25) is 0 Å². The summed E-state index contributed by atoms with van der Waals surface area (Å²) >= 11 is 0. The monoisotopic (exact) mass is 293 g/mol. The van der Waals surface area contributed by atoms with Crippen molar-refractivity contribution in [2.75, 3.05) is 18.5 Å². The predicted molar refractivity (Wildman–Crippen MR) is 81.1 cm³/mol. The minimum absolute atomic E-state index is 0.111. The molecular weight excluding hydrogens is 273 g/mol. The molecule has 1 aromatic carbocycles. The lowest BCUT2D eigenvalue weighted by atomic mass is 10.1. The molecule has 2 rings (SSSR count). The van der Waals surface area contributed by atoms with E-state index < -0.39 is 0 Å². The zero-order chi connectivity index (χ0) is 15.5. The van der Waals surface area contributed by atoms with E-state index in [0.29, 0.717) is 29.3 Å². The van der Waals surface area contributed by atoms with Gasteiger partial charge in [0, 0.05) is 23.7 Å². The van der Waals surface area contributed by atoms with Gasteiger partial charge in [0.2, 0.25) is 0 Å². The van der Waals surface area contributed by atoms with Gasteiger partial charge in [0.1, 0.15) is 17.9 Å². The van der Waals surface area contributed by atoms with Crippen molar-refractivity contribution < 1.29 is 13.5 Å². The molecule has 114 valence electrons. The van der Waals surface area contributed by atoms with E-state index in [1.807, 2.05) is 20.8 Å². The Labute approximate surface area is 123 Å². The maximum atomic E-state index is 12.4. The van der Waals surface area contributed by atoms with Gasteiger partial charge in [-0.1, -0.05) is 0 Å². The van der Waals surface area contributed by atoms with Crippen molar-refractivity contribution in [1.82, 2.24) is 4.98 Å². The molecule has 0 atom stereocenters. The van der Waals surface area contributed by atoms with Gasteiger partial charge in [-0.25, -0.2) is 4.39 Å². The summed E-state index contributed by atoms with van der Waals surface area (Å²) < 4.78 is 23.5. The highest BCUT2D eigenvalue weighted by molar-refractivity contribution is 5.76. The Bertz CT molecular complexity index is 644. The van der Waals surface area contributed by atoms with Gasteiger partial charge in [-0.05, 0) is 32.9 Å². The molecule has 0 fully saturated rings. The Kier molecular flexibility index (Phi) is 4.47. The van der Waals surface area contributed by atoms with E-state index in [1.54, 1.807) is 18.2 Å². The molecule has 0 saturated carbocycles. The smallest absolute Gasteiger partial charge is 0.296 e. The van der Waals surface area contributed by atoms with Crippen molar-refractivity contribution in [2.24, 2.45) is 5.73 Å². The molecule has 0 spiro atoms. The van der Waals surface area contributed by atoms with Gasteiger partial charge >= 0.3 is 0 Å². The van der Waals surface area contributed by atoms with E-state index in [-0.39, 0.29) is 18.7 Å². The molecule has 0 aliphatic carbocycles. The van der Waals surface area contributed by atoms with Crippen LogP contribution >= 0.6 is 0 Å². The first-order valence-electron chi connectivity index (χ1n) is 6.71. The minimum atomic E-state index is -0.137. The number of hydrogen-bond donors (Lipinski definition) is 2. The van der Waals surface area contributed by atoms with Crippen LogP contribution in [0.4, 0.5) is 10.4 Å². The molecule has 0 aliphatic rings. The molecule has 5 nitrogen and oxygen atoms in total. The van der Waals surface area contributed by atoms with Crippen LogP contribution in [0, 0.1) is 0 Å². The van der Waals surface area contributed by atoms with Crippen LogP contribution in [-0.2, 0) is 0 Å². The average molecular weight is 293 g/mol. The third kappa shape index (κ3) is 4.19. The molecule has 21 heavy (non-hydrogen) atoms. The lowest BCUT2D eigenvalue weighted by molar-refractivity contribution is 0.347. The highest BCUT2D eigenvalue weighted by Crippen LogP contribution is 2.25. The van der Waals surface area contributed by atoms with Crippen LogP contribution in [0.2, 0.25) is 0 Å². The summed E-state index contributed by atoms with van der Waals surface area (Å²) in [5.74, 6) is 0.578. The Hall–Kier alpha value is -2.08. The maximum absolute atomic E-state index is 12.4. The number of nitrogens with zero attached hydrogens (tertiary/aromatic N) is 1. The Morgan fingerprint density at radius 2 is 2.24 bits per heavy atom. The van der Waals surface area contributed by atoms with Crippen molar-refractivity contribution in [2.45, 2.75) is 26.3 Å². The molecule has 0 saturated heterocycles. The quantitative estimate of drug-likeness (QED) is 0.885. The molecule has 0 amide bonds. The average Bonchev–Trinajstić information content (AvgIpc) is 2.78. The van der Waals surface area contributed by atoms with Gasteiger partial charge in [-0.2, -0.15) is 4.98 Å². The third-order valence-electron chi connectivity index (χ3n) is 2.68. The number of ether oxygens (including phenoxy) is 1. The molecule has 3 N–H and O–H groups in total. The number of halogens is 1. The van der Waals surface area contributed by atoms with Crippen LogP contribution in [-0.4, -0.2) is 23.7 Å². The molecule has 0 aliphatic heterocycles. The van der Waals surface area contributed by atoms with Gasteiger partial charge < -0.3 is 20.2 Å². The van der Waals surface area contributed by atoms with E-state index >= 15 is 0 Å². The highest BCUT2D eigenvalue weighted by atomic mass is 19.1. The zero-order valence-corrected chi connectivity index (χ0v) is 12.4. The molecule has 1 aromatic heterocycles. The number of fused-ring (bicyclic) bond motifs is 1. The van der Waals surface area contributed by atoms with Crippen molar-refractivity contribution in [1.29, 1.82) is 0 Å². The summed E-state index contributed by atoms with van der Waals surface area (Å²) in [4.78, 5) is 4.34. The zero-order valence-electron chi connectivity index (χ0n) is 12.4. The lowest BCUT2D eigenvalue weighted by Gasteiger charge is -2.18. The third-order valence-corrected chi connectivity index (χ3v) is 2.68. The number of nitrogens with one attached hydrogen (secondary N) is 1. The molecule has 0 bridgehead atoms. The van der Waals surface area contributed by atoms with Crippen molar-refractivity contribution >= 4 is 17.1 Å². The highest BCUT2D eigenvalue weighted by Gasteiger charge is 2.14. The number of benzene rings is 1.